The molecule has 0 aliphatic carbocycles. The normalized spacial score (nSPS) is 11.2. The highest BCUT2D eigenvalue weighted by molar-refractivity contribution is 7.85. The second kappa shape index (κ2) is 6.23. The minimum absolute atomic E-state index is 0.0424. The average molecular weight is 338 g/mol. The first-order valence-corrected chi connectivity index (χ1v) is 7.90. The molecule has 1 amide bonds. The molecule has 4 N–H and O–H groups in total. The van der Waals surface area contributed by atoms with Crippen molar-refractivity contribution in [3.8, 4) is 5.88 Å². The van der Waals surface area contributed by atoms with Crippen LogP contribution in [0.2, 0.25) is 0 Å². The van der Waals surface area contributed by atoms with Crippen molar-refractivity contribution in [1.82, 2.24) is 10.3 Å². The Kier molecular flexibility index (Phi) is 4.52. The van der Waals surface area contributed by atoms with E-state index >= 15 is 0 Å². The zero-order valence-electron chi connectivity index (χ0n) is 12.0. The molecular formula is C14H14N2O6S. The third kappa shape index (κ3) is 3.96. The van der Waals surface area contributed by atoms with E-state index in [1.807, 2.05) is 0 Å². The molecule has 0 fully saturated rings. The Balaban J connectivity index is 2.12. The number of aromatic hydroxyl groups is 1. The van der Waals surface area contributed by atoms with Crippen molar-refractivity contribution in [2.24, 2.45) is 0 Å². The van der Waals surface area contributed by atoms with Gasteiger partial charge in [0.05, 0.1) is 4.90 Å². The number of aromatic nitrogens is 1. The molecule has 0 saturated heterocycles. The Hall–Kier alpha value is -2.65. The lowest BCUT2D eigenvalue weighted by molar-refractivity contribution is 0.0946. The van der Waals surface area contributed by atoms with Gasteiger partial charge < -0.3 is 10.4 Å². The fourth-order valence-electron chi connectivity index (χ4n) is 2.01. The molecule has 1 aromatic heterocycles. The maximum atomic E-state index is 12.1. The first-order chi connectivity index (χ1) is 10.7. The van der Waals surface area contributed by atoms with E-state index in [0.29, 0.717) is 11.1 Å². The minimum atomic E-state index is -4.26. The maximum absolute atomic E-state index is 12.1. The highest BCUT2D eigenvalue weighted by Crippen LogP contribution is 2.15. The van der Waals surface area contributed by atoms with Crippen molar-refractivity contribution in [2.75, 3.05) is 0 Å². The standard InChI is InChI=1S/C14H14N2O6S/c1-8-6-11(17)16-14(19)12(8)13(18)15-7-9-2-4-10(5-3-9)23(20,21)22/h2-6H,7H2,1H3,(H,15,18)(H2,16,17,19)(H,20,21,22). The highest BCUT2D eigenvalue weighted by atomic mass is 32.2. The van der Waals surface area contributed by atoms with E-state index in [1.165, 1.54) is 37.3 Å². The molecule has 0 unspecified atom stereocenters. The summed E-state index contributed by atoms with van der Waals surface area (Å²) in [5.41, 5.74) is 0.356. The fourth-order valence-corrected chi connectivity index (χ4v) is 2.49. The summed E-state index contributed by atoms with van der Waals surface area (Å²) in [5.74, 6) is -1.11. The molecular weight excluding hydrogens is 324 g/mol. The summed E-state index contributed by atoms with van der Waals surface area (Å²) in [5, 5.41) is 12.2. The molecule has 0 atom stereocenters. The molecule has 0 aliphatic heterocycles. The Morgan fingerprint density at radius 3 is 2.39 bits per heavy atom. The summed E-state index contributed by atoms with van der Waals surface area (Å²) in [6.07, 6.45) is 0. The number of hydrogen-bond donors (Lipinski definition) is 4. The molecule has 1 aromatic carbocycles. The molecule has 0 saturated carbocycles. The second-order valence-electron chi connectivity index (χ2n) is 4.84. The second-order valence-corrected chi connectivity index (χ2v) is 6.26. The van der Waals surface area contributed by atoms with Gasteiger partial charge in [0.25, 0.3) is 21.6 Å². The van der Waals surface area contributed by atoms with Crippen LogP contribution >= 0.6 is 0 Å². The van der Waals surface area contributed by atoms with Gasteiger partial charge >= 0.3 is 0 Å². The quantitative estimate of drug-likeness (QED) is 0.601. The van der Waals surface area contributed by atoms with Crippen molar-refractivity contribution in [3.05, 3.63) is 57.4 Å². The van der Waals surface area contributed by atoms with Gasteiger partial charge in [-0.15, -0.1) is 0 Å². The molecule has 2 rings (SSSR count). The molecule has 122 valence electrons. The molecule has 9 heteroatoms. The molecule has 0 aliphatic rings. The van der Waals surface area contributed by atoms with Crippen LogP contribution in [-0.4, -0.2) is 29.0 Å². The van der Waals surface area contributed by atoms with E-state index < -0.39 is 27.5 Å². The molecule has 0 bridgehead atoms. The van der Waals surface area contributed by atoms with Crippen molar-refractivity contribution in [3.63, 3.8) is 0 Å². The number of rotatable bonds is 4. The maximum Gasteiger partial charge on any atom is 0.294 e. The third-order valence-electron chi connectivity index (χ3n) is 3.12. The Labute approximate surface area is 131 Å². The predicted octanol–water partition coefficient (Wildman–Crippen LogP) is 0.566. The number of H-pyrrole nitrogens is 1. The molecule has 1 heterocycles. The van der Waals surface area contributed by atoms with E-state index in [4.69, 9.17) is 4.55 Å². The van der Waals surface area contributed by atoms with Gasteiger partial charge in [0.15, 0.2) is 0 Å². The van der Waals surface area contributed by atoms with Crippen molar-refractivity contribution in [2.45, 2.75) is 18.4 Å². The van der Waals surface area contributed by atoms with Crippen molar-refractivity contribution in [1.29, 1.82) is 0 Å². The van der Waals surface area contributed by atoms with Crippen LogP contribution < -0.4 is 10.9 Å². The van der Waals surface area contributed by atoms with Gasteiger partial charge in [-0.3, -0.25) is 19.1 Å². The van der Waals surface area contributed by atoms with Crippen LogP contribution in [0.15, 0.2) is 40.0 Å². The van der Waals surface area contributed by atoms with Gasteiger partial charge in [0, 0.05) is 12.6 Å². The summed E-state index contributed by atoms with van der Waals surface area (Å²) in [6.45, 7) is 1.59. The summed E-state index contributed by atoms with van der Waals surface area (Å²) in [6, 6.07) is 6.47. The largest absolute Gasteiger partial charge is 0.494 e. The first-order valence-electron chi connectivity index (χ1n) is 6.46. The topological polar surface area (TPSA) is 137 Å². The lowest BCUT2D eigenvalue weighted by Crippen LogP contribution is -2.25. The van der Waals surface area contributed by atoms with Gasteiger partial charge in [-0.05, 0) is 30.2 Å². The van der Waals surface area contributed by atoms with E-state index in [2.05, 4.69) is 10.3 Å². The molecule has 23 heavy (non-hydrogen) atoms. The van der Waals surface area contributed by atoms with E-state index in [9.17, 15) is 23.1 Å². The summed E-state index contributed by atoms with van der Waals surface area (Å²) in [4.78, 5) is 25.1. The first kappa shape index (κ1) is 16.7. The number of carbonyl (C=O) groups is 1. The number of aryl methyl sites for hydroxylation is 1. The lowest BCUT2D eigenvalue weighted by atomic mass is 10.1. The van der Waals surface area contributed by atoms with Gasteiger partial charge in [-0.2, -0.15) is 8.42 Å². The number of aromatic amines is 1. The number of nitrogens with one attached hydrogen (secondary N) is 2. The summed E-state index contributed by atoms with van der Waals surface area (Å²) < 4.78 is 30.7. The van der Waals surface area contributed by atoms with E-state index in [-0.39, 0.29) is 17.0 Å². The van der Waals surface area contributed by atoms with Crippen LogP contribution in [0, 0.1) is 6.92 Å². The van der Waals surface area contributed by atoms with E-state index in [1.54, 1.807) is 0 Å². The Morgan fingerprint density at radius 2 is 1.87 bits per heavy atom. The zero-order chi connectivity index (χ0) is 17.2. The average Bonchev–Trinajstić information content (AvgIpc) is 2.43. The number of amides is 1. The van der Waals surface area contributed by atoms with Gasteiger partial charge in [-0.25, -0.2) is 0 Å². The summed E-state index contributed by atoms with van der Waals surface area (Å²) in [7, 11) is -4.26. The molecule has 0 radical (unpaired) electrons. The highest BCUT2D eigenvalue weighted by Gasteiger charge is 2.15. The lowest BCUT2D eigenvalue weighted by Gasteiger charge is -2.09. The van der Waals surface area contributed by atoms with E-state index in [0.717, 1.165) is 0 Å². The van der Waals surface area contributed by atoms with Crippen LogP contribution in [0.4, 0.5) is 0 Å². The van der Waals surface area contributed by atoms with Gasteiger partial charge in [0.1, 0.15) is 5.56 Å². The predicted molar refractivity (Wildman–Crippen MR) is 80.9 cm³/mol. The molecule has 0 spiro atoms. The monoisotopic (exact) mass is 338 g/mol. The van der Waals surface area contributed by atoms with Crippen LogP contribution in [0.5, 0.6) is 5.88 Å². The van der Waals surface area contributed by atoms with Gasteiger partial charge in [-0.1, -0.05) is 12.1 Å². The Morgan fingerprint density at radius 1 is 1.26 bits per heavy atom. The number of benzene rings is 1. The number of carbonyl (C=O) groups excluding carboxylic acids is 1. The third-order valence-corrected chi connectivity index (χ3v) is 3.99. The zero-order valence-corrected chi connectivity index (χ0v) is 12.8. The van der Waals surface area contributed by atoms with Crippen LogP contribution in [-0.2, 0) is 16.7 Å². The smallest absolute Gasteiger partial charge is 0.294 e. The van der Waals surface area contributed by atoms with Crippen molar-refractivity contribution >= 4 is 16.0 Å². The van der Waals surface area contributed by atoms with Crippen LogP contribution in [0.1, 0.15) is 21.5 Å². The SMILES string of the molecule is Cc1cc(=O)[nH]c(O)c1C(=O)NCc1ccc(S(=O)(=O)O)cc1. The summed E-state index contributed by atoms with van der Waals surface area (Å²) >= 11 is 0. The molecule has 8 nitrogen and oxygen atoms in total. The van der Waals surface area contributed by atoms with Crippen LogP contribution in [0.25, 0.3) is 0 Å². The van der Waals surface area contributed by atoms with Crippen LogP contribution in [0.3, 0.4) is 0 Å². The minimum Gasteiger partial charge on any atom is -0.494 e. The van der Waals surface area contributed by atoms with Gasteiger partial charge in [0.2, 0.25) is 5.88 Å². The van der Waals surface area contributed by atoms with Crippen molar-refractivity contribution < 1.29 is 22.9 Å². The molecule has 2 aromatic rings. The Bertz CT molecular complexity index is 874. The number of hydrogen-bond acceptors (Lipinski definition) is 5. The fraction of sp³-hybridized carbons (Fsp3) is 0.143. The number of pyridine rings is 1.